The molecule has 1 aliphatic heterocycles. The Hall–Kier alpha value is -4.36. The molecule has 0 aliphatic carbocycles. The molecule has 0 radical (unpaired) electrons. The third kappa shape index (κ3) is 7.73. The number of rotatable bonds is 7. The van der Waals surface area contributed by atoms with E-state index in [1.165, 1.54) is 53.3 Å². The molecule has 43 heavy (non-hydrogen) atoms. The Balaban J connectivity index is 1.20. The van der Waals surface area contributed by atoms with Gasteiger partial charge in [0, 0.05) is 28.6 Å². The van der Waals surface area contributed by atoms with Crippen LogP contribution in [-0.4, -0.2) is 50.8 Å². The molecule has 2 heterocycles. The lowest BCUT2D eigenvalue weighted by atomic mass is 10.0. The van der Waals surface area contributed by atoms with Gasteiger partial charge >= 0.3 is 12.4 Å². The Bertz CT molecular complexity index is 1660. The standard InChI is InChI=1S/C29H25ClF3N7O2S/c1-18(2)24-12-7-21(30)15-25(24)39-13-14-43-28(39)36-27(41)37-35-16-19-3-5-20(6-4-19)26-34-17-40(38-26)22-8-10-23(11-9-22)42-29(31,32)33/h3-12,15-18H,13-14H2,1-2H3,(H,37,41)/b35-16+,36-28-. The maximum atomic E-state index is 12.5. The van der Waals surface area contributed by atoms with Crippen molar-refractivity contribution in [2.75, 3.05) is 17.2 Å². The fraction of sp³-hybridized carbons (Fsp3) is 0.207. The van der Waals surface area contributed by atoms with Crippen molar-refractivity contribution >= 4 is 46.5 Å². The number of nitrogens with one attached hydrogen (secondary N) is 1. The van der Waals surface area contributed by atoms with Gasteiger partial charge in [-0.3, -0.25) is 0 Å². The molecule has 1 aliphatic rings. The molecule has 0 unspecified atom stereocenters. The van der Waals surface area contributed by atoms with E-state index in [9.17, 15) is 18.0 Å². The number of thioether (sulfide) groups is 1. The number of alkyl halides is 3. The normalized spacial score (nSPS) is 14.7. The van der Waals surface area contributed by atoms with Crippen molar-refractivity contribution in [2.45, 2.75) is 26.1 Å². The summed E-state index contributed by atoms with van der Waals surface area (Å²) >= 11 is 7.75. The van der Waals surface area contributed by atoms with E-state index in [4.69, 9.17) is 11.6 Å². The van der Waals surface area contributed by atoms with Crippen LogP contribution in [0.4, 0.5) is 23.7 Å². The zero-order valence-corrected chi connectivity index (χ0v) is 24.5. The molecule has 0 bridgehead atoms. The molecule has 1 saturated heterocycles. The molecule has 9 nitrogen and oxygen atoms in total. The first-order valence-corrected chi connectivity index (χ1v) is 14.4. The van der Waals surface area contributed by atoms with Crippen LogP contribution in [0.25, 0.3) is 17.1 Å². The summed E-state index contributed by atoms with van der Waals surface area (Å²) in [5.41, 5.74) is 6.45. The second-order valence-electron chi connectivity index (χ2n) is 9.60. The van der Waals surface area contributed by atoms with E-state index in [1.54, 1.807) is 24.3 Å². The molecule has 222 valence electrons. The van der Waals surface area contributed by atoms with Gasteiger partial charge in [-0.05, 0) is 53.4 Å². The second kappa shape index (κ2) is 12.9. The first kappa shape index (κ1) is 30.1. The summed E-state index contributed by atoms with van der Waals surface area (Å²) in [5, 5.41) is 9.61. The van der Waals surface area contributed by atoms with E-state index in [0.717, 1.165) is 17.0 Å². The number of anilines is 1. The Morgan fingerprint density at radius 2 is 1.86 bits per heavy atom. The van der Waals surface area contributed by atoms with Crippen LogP contribution in [0, 0.1) is 0 Å². The van der Waals surface area contributed by atoms with Crippen molar-refractivity contribution in [3.8, 4) is 22.8 Å². The molecular formula is C29H25ClF3N7O2S. The maximum Gasteiger partial charge on any atom is 0.573 e. The number of carbonyl (C=O) groups excluding carboxylic acids is 1. The van der Waals surface area contributed by atoms with Gasteiger partial charge in [0.25, 0.3) is 0 Å². The van der Waals surface area contributed by atoms with E-state index >= 15 is 0 Å². The topological polar surface area (TPSA) is 97.0 Å². The number of amidine groups is 1. The monoisotopic (exact) mass is 627 g/mol. The number of carbonyl (C=O) groups is 1. The predicted molar refractivity (Wildman–Crippen MR) is 162 cm³/mol. The van der Waals surface area contributed by atoms with Gasteiger partial charge in [0.15, 0.2) is 11.0 Å². The van der Waals surface area contributed by atoms with Crippen LogP contribution in [0.3, 0.4) is 0 Å². The number of nitrogens with zero attached hydrogens (tertiary/aromatic N) is 6. The number of urea groups is 1. The number of aliphatic imine (C=N–C) groups is 1. The van der Waals surface area contributed by atoms with Crippen LogP contribution in [0.2, 0.25) is 5.02 Å². The number of benzene rings is 3. The lowest BCUT2D eigenvalue weighted by molar-refractivity contribution is -0.274. The third-order valence-electron chi connectivity index (χ3n) is 6.25. The van der Waals surface area contributed by atoms with E-state index in [2.05, 4.69) is 44.2 Å². The molecule has 4 aromatic rings. The van der Waals surface area contributed by atoms with E-state index < -0.39 is 12.4 Å². The summed E-state index contributed by atoms with van der Waals surface area (Å²) in [6.45, 7) is 4.92. The van der Waals surface area contributed by atoms with Crippen molar-refractivity contribution in [3.05, 3.63) is 89.2 Å². The van der Waals surface area contributed by atoms with Gasteiger partial charge < -0.3 is 9.64 Å². The summed E-state index contributed by atoms with van der Waals surface area (Å²) in [6, 6.07) is 17.6. The Kier molecular flexibility index (Phi) is 9.02. The molecule has 2 amide bonds. The summed E-state index contributed by atoms with van der Waals surface area (Å²) < 4.78 is 42.5. The number of amides is 2. The van der Waals surface area contributed by atoms with Crippen molar-refractivity contribution < 1.29 is 22.7 Å². The molecule has 5 rings (SSSR count). The number of halogens is 4. The third-order valence-corrected chi connectivity index (χ3v) is 7.44. The Morgan fingerprint density at radius 1 is 1.12 bits per heavy atom. The minimum absolute atomic E-state index is 0.276. The first-order chi connectivity index (χ1) is 20.6. The molecule has 0 atom stereocenters. The first-order valence-electron chi connectivity index (χ1n) is 13.1. The van der Waals surface area contributed by atoms with E-state index in [-0.39, 0.29) is 11.7 Å². The highest BCUT2D eigenvalue weighted by Gasteiger charge is 2.31. The van der Waals surface area contributed by atoms with Crippen molar-refractivity contribution in [3.63, 3.8) is 0 Å². The fourth-order valence-corrected chi connectivity index (χ4v) is 5.38. The Labute approximate surface area is 254 Å². The second-order valence-corrected chi connectivity index (χ2v) is 11.1. The van der Waals surface area contributed by atoms with Crippen LogP contribution in [0.1, 0.15) is 30.9 Å². The van der Waals surface area contributed by atoms with Gasteiger partial charge in [-0.2, -0.15) is 10.1 Å². The van der Waals surface area contributed by atoms with Crippen LogP contribution in [0.15, 0.2) is 83.2 Å². The summed E-state index contributed by atoms with van der Waals surface area (Å²) in [4.78, 5) is 23.0. The highest BCUT2D eigenvalue weighted by atomic mass is 35.5. The smallest absolute Gasteiger partial charge is 0.406 e. The number of hydrogen-bond donors (Lipinski definition) is 1. The fourth-order valence-electron chi connectivity index (χ4n) is 4.27. The van der Waals surface area contributed by atoms with Crippen LogP contribution >= 0.6 is 23.4 Å². The van der Waals surface area contributed by atoms with E-state index in [1.807, 2.05) is 23.1 Å². The minimum Gasteiger partial charge on any atom is -0.406 e. The van der Waals surface area contributed by atoms with Gasteiger partial charge in [0.1, 0.15) is 12.1 Å². The average molecular weight is 628 g/mol. The number of hydrazone groups is 1. The predicted octanol–water partition coefficient (Wildman–Crippen LogP) is 7.26. The lowest BCUT2D eigenvalue weighted by Gasteiger charge is -2.23. The minimum atomic E-state index is -4.76. The number of ether oxygens (including phenoxy) is 1. The van der Waals surface area contributed by atoms with Gasteiger partial charge in [-0.15, -0.1) is 18.3 Å². The van der Waals surface area contributed by atoms with Gasteiger partial charge in [0.05, 0.1) is 11.9 Å². The zero-order chi connectivity index (χ0) is 30.6. The summed E-state index contributed by atoms with van der Waals surface area (Å²) in [6.07, 6.45) is -1.81. The van der Waals surface area contributed by atoms with Gasteiger partial charge in [0.2, 0.25) is 0 Å². The van der Waals surface area contributed by atoms with Crippen LogP contribution in [-0.2, 0) is 0 Å². The quantitative estimate of drug-likeness (QED) is 0.171. The maximum absolute atomic E-state index is 12.5. The lowest BCUT2D eigenvalue weighted by Crippen LogP contribution is -2.27. The molecule has 0 spiro atoms. The zero-order valence-electron chi connectivity index (χ0n) is 22.9. The van der Waals surface area contributed by atoms with Crippen molar-refractivity contribution in [1.29, 1.82) is 0 Å². The molecule has 1 fully saturated rings. The molecule has 1 N–H and O–H groups in total. The summed E-state index contributed by atoms with van der Waals surface area (Å²) in [5.74, 6) is 1.16. The number of aromatic nitrogens is 3. The average Bonchev–Trinajstić information content (AvgIpc) is 3.63. The molecule has 14 heteroatoms. The molecule has 3 aromatic carbocycles. The van der Waals surface area contributed by atoms with E-state index in [0.29, 0.717) is 39.4 Å². The largest absolute Gasteiger partial charge is 0.573 e. The number of hydrogen-bond acceptors (Lipinski definition) is 6. The Morgan fingerprint density at radius 3 is 2.56 bits per heavy atom. The molecular weight excluding hydrogens is 603 g/mol. The van der Waals surface area contributed by atoms with Crippen LogP contribution in [0.5, 0.6) is 5.75 Å². The summed E-state index contributed by atoms with van der Waals surface area (Å²) in [7, 11) is 0. The highest BCUT2D eigenvalue weighted by molar-refractivity contribution is 8.14. The van der Waals surface area contributed by atoms with Crippen molar-refractivity contribution in [2.24, 2.45) is 10.1 Å². The molecule has 1 aromatic heterocycles. The van der Waals surface area contributed by atoms with Gasteiger partial charge in [-0.1, -0.05) is 67.5 Å². The highest BCUT2D eigenvalue weighted by Crippen LogP contribution is 2.34. The van der Waals surface area contributed by atoms with Gasteiger partial charge in [-0.25, -0.2) is 19.9 Å². The molecule has 0 saturated carbocycles. The van der Waals surface area contributed by atoms with Crippen LogP contribution < -0.4 is 15.1 Å². The van der Waals surface area contributed by atoms with Crippen molar-refractivity contribution in [1.82, 2.24) is 20.2 Å². The SMILES string of the molecule is CC(C)c1ccc(Cl)cc1N1CCS/C1=N\C(=O)N/N=C/c1ccc(-c2ncn(-c3ccc(OC(F)(F)F)cc3)n2)cc1.